The van der Waals surface area contributed by atoms with E-state index in [1.54, 1.807) is 48.5 Å². The van der Waals surface area contributed by atoms with E-state index in [1.807, 2.05) is 0 Å². The number of halogens is 1. The van der Waals surface area contributed by atoms with Crippen LogP contribution in [0.5, 0.6) is 11.5 Å². The number of hydrogen-bond acceptors (Lipinski definition) is 5. The van der Waals surface area contributed by atoms with Gasteiger partial charge in [-0.1, -0.05) is 23.7 Å². The fourth-order valence-corrected chi connectivity index (χ4v) is 2.98. The lowest BCUT2D eigenvalue weighted by Gasteiger charge is -2.23. The molecule has 0 bridgehead atoms. The molecule has 0 spiro atoms. The SMILES string of the molecule is O=C(Nc1cc2c(cc1C(O)c1ccc(Cl)cc1)OCCO2)c1ccco1. The maximum absolute atomic E-state index is 12.4. The van der Waals surface area contributed by atoms with E-state index in [-0.39, 0.29) is 5.76 Å². The molecule has 1 aliphatic heterocycles. The van der Waals surface area contributed by atoms with Gasteiger partial charge in [-0.15, -0.1) is 0 Å². The summed E-state index contributed by atoms with van der Waals surface area (Å²) in [5.41, 5.74) is 1.51. The van der Waals surface area contributed by atoms with Gasteiger partial charge in [0.2, 0.25) is 0 Å². The highest BCUT2D eigenvalue weighted by molar-refractivity contribution is 6.30. The molecule has 0 aliphatic carbocycles. The number of aliphatic hydroxyl groups is 1. The normalized spacial score (nSPS) is 13.9. The zero-order valence-corrected chi connectivity index (χ0v) is 14.9. The van der Waals surface area contributed by atoms with Crippen LogP contribution in [-0.2, 0) is 0 Å². The van der Waals surface area contributed by atoms with Crippen molar-refractivity contribution in [1.82, 2.24) is 0 Å². The minimum absolute atomic E-state index is 0.164. The average Bonchev–Trinajstić information content (AvgIpc) is 3.22. The summed E-state index contributed by atoms with van der Waals surface area (Å²) in [6, 6.07) is 13.3. The van der Waals surface area contributed by atoms with Crippen LogP contribution in [-0.4, -0.2) is 24.2 Å². The van der Waals surface area contributed by atoms with E-state index >= 15 is 0 Å². The van der Waals surface area contributed by atoms with Gasteiger partial charge < -0.3 is 24.3 Å². The van der Waals surface area contributed by atoms with Gasteiger partial charge in [-0.25, -0.2) is 0 Å². The first kappa shape index (κ1) is 17.5. The van der Waals surface area contributed by atoms with Crippen LogP contribution < -0.4 is 14.8 Å². The molecule has 0 fully saturated rings. The third kappa shape index (κ3) is 3.63. The number of nitrogens with one attached hydrogen (secondary N) is 1. The maximum Gasteiger partial charge on any atom is 0.291 e. The van der Waals surface area contributed by atoms with E-state index < -0.39 is 12.0 Å². The number of benzene rings is 2. The van der Waals surface area contributed by atoms with Gasteiger partial charge in [0, 0.05) is 16.7 Å². The second kappa shape index (κ2) is 7.34. The van der Waals surface area contributed by atoms with E-state index in [0.29, 0.717) is 46.5 Å². The smallest absolute Gasteiger partial charge is 0.291 e. The molecule has 0 radical (unpaired) electrons. The molecule has 27 heavy (non-hydrogen) atoms. The summed E-state index contributed by atoms with van der Waals surface area (Å²) in [5, 5.41) is 14.2. The molecule has 6 nitrogen and oxygen atoms in total. The predicted molar refractivity (Wildman–Crippen MR) is 99.6 cm³/mol. The number of fused-ring (bicyclic) bond motifs is 1. The molecule has 3 aromatic rings. The molecule has 1 atom stereocenters. The Morgan fingerprint density at radius 3 is 2.44 bits per heavy atom. The number of ether oxygens (including phenoxy) is 2. The molecular formula is C20H16ClNO5. The van der Waals surface area contributed by atoms with Crippen LogP contribution in [0.3, 0.4) is 0 Å². The number of rotatable bonds is 4. The van der Waals surface area contributed by atoms with Gasteiger partial charge in [0.15, 0.2) is 17.3 Å². The first-order valence-corrected chi connectivity index (χ1v) is 8.71. The first-order chi connectivity index (χ1) is 13.1. The Morgan fingerprint density at radius 1 is 1.07 bits per heavy atom. The fraction of sp³-hybridized carbons (Fsp3) is 0.150. The van der Waals surface area contributed by atoms with Crippen molar-refractivity contribution in [2.45, 2.75) is 6.10 Å². The summed E-state index contributed by atoms with van der Waals surface area (Å²) in [7, 11) is 0. The fourth-order valence-electron chi connectivity index (χ4n) is 2.86. The molecular weight excluding hydrogens is 370 g/mol. The predicted octanol–water partition coefficient (Wildman–Crippen LogP) is 4.04. The van der Waals surface area contributed by atoms with Crippen molar-refractivity contribution in [2.75, 3.05) is 18.5 Å². The van der Waals surface area contributed by atoms with Crippen molar-refractivity contribution >= 4 is 23.2 Å². The minimum Gasteiger partial charge on any atom is -0.486 e. The average molecular weight is 386 g/mol. The molecule has 4 rings (SSSR count). The van der Waals surface area contributed by atoms with Crippen LogP contribution in [0.1, 0.15) is 27.8 Å². The molecule has 1 aromatic heterocycles. The second-order valence-corrected chi connectivity index (χ2v) is 6.41. The van der Waals surface area contributed by atoms with Crippen LogP contribution in [0.4, 0.5) is 5.69 Å². The molecule has 2 N–H and O–H groups in total. The number of carbonyl (C=O) groups is 1. The number of furan rings is 1. The molecule has 7 heteroatoms. The first-order valence-electron chi connectivity index (χ1n) is 8.34. The molecule has 1 aliphatic rings. The van der Waals surface area contributed by atoms with Crippen molar-refractivity contribution in [2.24, 2.45) is 0 Å². The molecule has 1 amide bonds. The summed E-state index contributed by atoms with van der Waals surface area (Å²) >= 11 is 5.93. The second-order valence-electron chi connectivity index (χ2n) is 5.97. The number of anilines is 1. The van der Waals surface area contributed by atoms with Crippen molar-refractivity contribution in [3.05, 3.63) is 76.7 Å². The standard InChI is InChI=1S/C20H16ClNO5/c21-13-5-3-12(4-6-13)19(23)14-10-17-18(27-9-8-26-17)11-15(14)22-20(24)16-2-1-7-25-16/h1-7,10-11,19,23H,8-9H2,(H,22,24). The topological polar surface area (TPSA) is 80.9 Å². The number of aliphatic hydroxyl groups excluding tert-OH is 1. The molecule has 1 unspecified atom stereocenters. The van der Waals surface area contributed by atoms with Crippen molar-refractivity contribution in [1.29, 1.82) is 0 Å². The zero-order valence-electron chi connectivity index (χ0n) is 14.1. The van der Waals surface area contributed by atoms with E-state index in [0.717, 1.165) is 0 Å². The summed E-state index contributed by atoms with van der Waals surface area (Å²) in [5.74, 6) is 0.751. The highest BCUT2D eigenvalue weighted by atomic mass is 35.5. The van der Waals surface area contributed by atoms with Crippen LogP contribution in [0.2, 0.25) is 5.02 Å². The Balaban J connectivity index is 1.73. The molecule has 0 saturated heterocycles. The number of carbonyl (C=O) groups excluding carboxylic acids is 1. The van der Waals surface area contributed by atoms with Gasteiger partial charge in [0.25, 0.3) is 5.91 Å². The van der Waals surface area contributed by atoms with Gasteiger partial charge in [0.1, 0.15) is 19.3 Å². The van der Waals surface area contributed by atoms with Crippen molar-refractivity contribution in [3.63, 3.8) is 0 Å². The van der Waals surface area contributed by atoms with Gasteiger partial charge in [-0.05, 0) is 35.9 Å². The maximum atomic E-state index is 12.4. The van der Waals surface area contributed by atoms with Gasteiger partial charge in [-0.3, -0.25) is 4.79 Å². The quantitative estimate of drug-likeness (QED) is 0.708. The largest absolute Gasteiger partial charge is 0.486 e. The summed E-state index contributed by atoms with van der Waals surface area (Å²) in [6.07, 6.45) is 0.423. The third-order valence-corrected chi connectivity index (χ3v) is 4.44. The monoisotopic (exact) mass is 385 g/mol. The van der Waals surface area contributed by atoms with Gasteiger partial charge in [0.05, 0.1) is 12.0 Å². The Hall–Kier alpha value is -2.96. The van der Waals surface area contributed by atoms with E-state index in [9.17, 15) is 9.90 Å². The Morgan fingerprint density at radius 2 is 1.78 bits per heavy atom. The summed E-state index contributed by atoms with van der Waals surface area (Å²) < 4.78 is 16.3. The van der Waals surface area contributed by atoms with Gasteiger partial charge in [-0.2, -0.15) is 0 Å². The molecule has 138 valence electrons. The Labute approximate surface area is 160 Å². The van der Waals surface area contributed by atoms with Crippen molar-refractivity contribution < 1.29 is 23.8 Å². The molecule has 2 heterocycles. The number of hydrogen-bond donors (Lipinski definition) is 2. The van der Waals surface area contributed by atoms with E-state index in [2.05, 4.69) is 5.32 Å². The van der Waals surface area contributed by atoms with Gasteiger partial charge >= 0.3 is 0 Å². The lowest BCUT2D eigenvalue weighted by Crippen LogP contribution is -2.18. The van der Waals surface area contributed by atoms with E-state index in [4.69, 9.17) is 25.5 Å². The Kier molecular flexibility index (Phi) is 4.75. The summed E-state index contributed by atoms with van der Waals surface area (Å²) in [6.45, 7) is 0.833. The highest BCUT2D eigenvalue weighted by Gasteiger charge is 2.23. The summed E-state index contributed by atoms with van der Waals surface area (Å²) in [4.78, 5) is 12.4. The van der Waals surface area contributed by atoms with Crippen LogP contribution in [0, 0.1) is 0 Å². The van der Waals surface area contributed by atoms with Crippen LogP contribution in [0.15, 0.2) is 59.2 Å². The molecule has 0 saturated carbocycles. The zero-order chi connectivity index (χ0) is 18.8. The van der Waals surface area contributed by atoms with Crippen LogP contribution in [0.25, 0.3) is 0 Å². The minimum atomic E-state index is -0.995. The van der Waals surface area contributed by atoms with E-state index in [1.165, 1.54) is 6.26 Å². The third-order valence-electron chi connectivity index (χ3n) is 4.19. The van der Waals surface area contributed by atoms with Crippen LogP contribution >= 0.6 is 11.6 Å². The number of amides is 1. The Bertz CT molecular complexity index is 953. The van der Waals surface area contributed by atoms with Crippen molar-refractivity contribution in [3.8, 4) is 11.5 Å². The molecule has 2 aromatic carbocycles. The lowest BCUT2D eigenvalue weighted by atomic mass is 9.99. The lowest BCUT2D eigenvalue weighted by molar-refractivity contribution is 0.0996. The highest BCUT2D eigenvalue weighted by Crippen LogP contribution is 2.40.